The van der Waals surface area contributed by atoms with Crippen molar-refractivity contribution in [2.24, 2.45) is 0 Å². The number of hydrogen-bond acceptors (Lipinski definition) is 3. The minimum absolute atomic E-state index is 0.0269. The van der Waals surface area contributed by atoms with Gasteiger partial charge in [-0.25, -0.2) is 0 Å². The average Bonchev–Trinajstić information content (AvgIpc) is 2.93. The van der Waals surface area contributed by atoms with Crippen molar-refractivity contribution in [2.75, 3.05) is 0 Å². The molecule has 0 aromatic heterocycles. The van der Waals surface area contributed by atoms with Crippen LogP contribution in [0.3, 0.4) is 0 Å². The summed E-state index contributed by atoms with van der Waals surface area (Å²) in [4.78, 5) is 23.0. The fraction of sp³-hybridized carbons (Fsp3) is 0.944. The molecule has 0 aliphatic rings. The molecule has 0 bridgehead atoms. The van der Waals surface area contributed by atoms with Crippen LogP contribution in [0.1, 0.15) is 213 Å². The van der Waals surface area contributed by atoms with Crippen LogP contribution in [0, 0.1) is 0 Å². The van der Waals surface area contributed by atoms with Crippen LogP contribution in [0.4, 0.5) is 0 Å². The summed E-state index contributed by atoms with van der Waals surface area (Å²) in [6.45, 7) is 4.51. The van der Waals surface area contributed by atoms with Gasteiger partial charge < -0.3 is 9.84 Å². The molecule has 0 rings (SSSR count). The van der Waals surface area contributed by atoms with E-state index in [2.05, 4.69) is 13.8 Å². The fourth-order valence-electron chi connectivity index (χ4n) is 5.66. The third-order valence-electron chi connectivity index (χ3n) is 8.33. The Bertz CT molecular complexity index is 533. The minimum atomic E-state index is -0.677. The van der Waals surface area contributed by atoms with Gasteiger partial charge in [0.15, 0.2) is 0 Å². The molecule has 0 aliphatic carbocycles. The minimum Gasteiger partial charge on any atom is -0.481 e. The molecule has 0 saturated carbocycles. The summed E-state index contributed by atoms with van der Waals surface area (Å²) < 4.78 is 5.93. The van der Waals surface area contributed by atoms with Gasteiger partial charge in [-0.1, -0.05) is 162 Å². The molecule has 0 radical (unpaired) electrons. The van der Waals surface area contributed by atoms with Gasteiger partial charge in [0, 0.05) is 12.8 Å². The van der Waals surface area contributed by atoms with Crippen molar-refractivity contribution in [1.82, 2.24) is 0 Å². The molecule has 0 heterocycles. The molecule has 0 fully saturated rings. The van der Waals surface area contributed by atoms with Crippen LogP contribution < -0.4 is 0 Å². The highest BCUT2D eigenvalue weighted by Gasteiger charge is 2.14. The van der Waals surface area contributed by atoms with Crippen molar-refractivity contribution < 1.29 is 19.4 Å². The first-order valence-electron chi connectivity index (χ1n) is 18.0. The molecule has 40 heavy (non-hydrogen) atoms. The second-order valence-electron chi connectivity index (χ2n) is 12.4. The molecule has 0 aromatic rings. The number of ether oxygens (including phenoxy) is 1. The van der Waals surface area contributed by atoms with Crippen LogP contribution in [0.2, 0.25) is 0 Å². The number of unbranched alkanes of at least 4 members (excludes halogenated alkanes) is 24. The quantitative estimate of drug-likeness (QED) is 0.0633. The SMILES string of the molecule is CCCCCCCCCCCCCCCCCC(=O)OC(CCCCC)CCCCCCCCCCCC(=O)O. The number of carboxylic acid groups (broad SMARTS) is 1. The third-order valence-corrected chi connectivity index (χ3v) is 8.33. The van der Waals surface area contributed by atoms with Crippen LogP contribution in [0.15, 0.2) is 0 Å². The molecule has 1 N–H and O–H groups in total. The van der Waals surface area contributed by atoms with Crippen molar-refractivity contribution in [3.05, 3.63) is 0 Å². The van der Waals surface area contributed by atoms with E-state index in [0.29, 0.717) is 12.8 Å². The number of carboxylic acids is 1. The van der Waals surface area contributed by atoms with Crippen molar-refractivity contribution in [3.63, 3.8) is 0 Å². The first-order chi connectivity index (χ1) is 19.6. The van der Waals surface area contributed by atoms with E-state index in [4.69, 9.17) is 9.84 Å². The summed E-state index contributed by atoms with van der Waals surface area (Å²) in [5, 5.41) is 8.68. The first-order valence-corrected chi connectivity index (χ1v) is 18.0. The standard InChI is InChI=1S/C36H70O4/c1-3-5-7-8-9-10-11-12-13-14-15-19-22-25-29-33-36(39)40-34(30-26-6-4-2)31-27-23-20-17-16-18-21-24-28-32-35(37)38/h34H,3-33H2,1-2H3,(H,37,38). The smallest absolute Gasteiger partial charge is 0.306 e. The molecule has 0 spiro atoms. The van der Waals surface area contributed by atoms with E-state index in [-0.39, 0.29) is 12.1 Å². The topological polar surface area (TPSA) is 63.6 Å². The van der Waals surface area contributed by atoms with Gasteiger partial charge in [-0.3, -0.25) is 9.59 Å². The lowest BCUT2D eigenvalue weighted by molar-refractivity contribution is -0.150. The predicted molar refractivity (Wildman–Crippen MR) is 172 cm³/mol. The average molecular weight is 567 g/mol. The largest absolute Gasteiger partial charge is 0.481 e. The molecule has 0 aliphatic heterocycles. The fourth-order valence-corrected chi connectivity index (χ4v) is 5.66. The Balaban J connectivity index is 3.70. The highest BCUT2D eigenvalue weighted by molar-refractivity contribution is 5.69. The van der Waals surface area contributed by atoms with Crippen LogP contribution in [-0.2, 0) is 14.3 Å². The normalized spacial score (nSPS) is 12.1. The zero-order valence-electron chi connectivity index (χ0n) is 27.2. The molecule has 0 saturated heterocycles. The van der Waals surface area contributed by atoms with E-state index >= 15 is 0 Å². The van der Waals surface area contributed by atoms with Crippen LogP contribution in [0.5, 0.6) is 0 Å². The van der Waals surface area contributed by atoms with Crippen LogP contribution >= 0.6 is 0 Å². The van der Waals surface area contributed by atoms with E-state index in [1.807, 2.05) is 0 Å². The molecular weight excluding hydrogens is 496 g/mol. The maximum absolute atomic E-state index is 12.5. The second kappa shape index (κ2) is 32.5. The Hall–Kier alpha value is -1.06. The Morgan fingerprint density at radius 1 is 0.450 bits per heavy atom. The van der Waals surface area contributed by atoms with Crippen LogP contribution in [0.25, 0.3) is 0 Å². The van der Waals surface area contributed by atoms with Gasteiger partial charge in [-0.05, 0) is 38.5 Å². The van der Waals surface area contributed by atoms with Crippen LogP contribution in [-0.4, -0.2) is 23.1 Å². The van der Waals surface area contributed by atoms with Crippen molar-refractivity contribution in [3.8, 4) is 0 Å². The maximum Gasteiger partial charge on any atom is 0.306 e. The van der Waals surface area contributed by atoms with Gasteiger partial charge in [0.05, 0.1) is 0 Å². The summed E-state index contributed by atoms with van der Waals surface area (Å²) in [6, 6.07) is 0. The van der Waals surface area contributed by atoms with Gasteiger partial charge in [0.1, 0.15) is 6.10 Å². The number of carbonyl (C=O) groups is 2. The lowest BCUT2D eigenvalue weighted by Gasteiger charge is -2.18. The van der Waals surface area contributed by atoms with Gasteiger partial charge in [0.25, 0.3) is 0 Å². The van der Waals surface area contributed by atoms with E-state index in [1.54, 1.807) is 0 Å². The molecule has 4 nitrogen and oxygen atoms in total. The number of carbonyl (C=O) groups excluding carboxylic acids is 1. The van der Waals surface area contributed by atoms with E-state index in [9.17, 15) is 9.59 Å². The first kappa shape index (κ1) is 38.9. The Labute approximate surface area is 250 Å². The summed E-state index contributed by atoms with van der Waals surface area (Å²) >= 11 is 0. The Morgan fingerprint density at radius 3 is 1.15 bits per heavy atom. The molecule has 0 aromatic carbocycles. The summed E-state index contributed by atoms with van der Waals surface area (Å²) in [6.07, 6.45) is 37.2. The third kappa shape index (κ3) is 31.5. The van der Waals surface area contributed by atoms with Crippen molar-refractivity contribution in [2.45, 2.75) is 219 Å². The lowest BCUT2D eigenvalue weighted by Crippen LogP contribution is -2.18. The zero-order chi connectivity index (χ0) is 29.4. The van der Waals surface area contributed by atoms with Gasteiger partial charge in [-0.15, -0.1) is 0 Å². The number of aliphatic carboxylic acids is 1. The van der Waals surface area contributed by atoms with E-state index in [0.717, 1.165) is 57.8 Å². The molecule has 238 valence electrons. The zero-order valence-corrected chi connectivity index (χ0v) is 27.2. The van der Waals surface area contributed by atoms with Gasteiger partial charge >= 0.3 is 11.9 Å². The van der Waals surface area contributed by atoms with E-state index in [1.165, 1.54) is 128 Å². The molecule has 1 atom stereocenters. The second-order valence-corrected chi connectivity index (χ2v) is 12.4. The molecule has 1 unspecified atom stereocenters. The number of esters is 1. The Kier molecular flexibility index (Phi) is 31.6. The van der Waals surface area contributed by atoms with E-state index < -0.39 is 5.97 Å². The molecule has 0 amide bonds. The van der Waals surface area contributed by atoms with Crippen molar-refractivity contribution >= 4 is 11.9 Å². The lowest BCUT2D eigenvalue weighted by atomic mass is 10.0. The van der Waals surface area contributed by atoms with Crippen molar-refractivity contribution in [1.29, 1.82) is 0 Å². The summed E-state index contributed by atoms with van der Waals surface area (Å²) in [5.41, 5.74) is 0. The predicted octanol–water partition coefficient (Wildman–Crippen LogP) is 12.1. The maximum atomic E-state index is 12.5. The molecular formula is C36H70O4. The monoisotopic (exact) mass is 567 g/mol. The van der Waals surface area contributed by atoms with Gasteiger partial charge in [-0.2, -0.15) is 0 Å². The highest BCUT2D eigenvalue weighted by atomic mass is 16.5. The Morgan fingerprint density at radius 2 is 0.750 bits per heavy atom. The number of hydrogen-bond donors (Lipinski definition) is 1. The molecule has 4 heteroatoms. The summed E-state index contributed by atoms with van der Waals surface area (Å²) in [5.74, 6) is -0.650. The number of rotatable bonds is 33. The summed E-state index contributed by atoms with van der Waals surface area (Å²) in [7, 11) is 0. The van der Waals surface area contributed by atoms with Gasteiger partial charge in [0.2, 0.25) is 0 Å². The highest BCUT2D eigenvalue weighted by Crippen LogP contribution is 2.18.